The number of nitrogens with two attached hydrogens (primary N) is 1. The van der Waals surface area contributed by atoms with Gasteiger partial charge in [0.1, 0.15) is 0 Å². The standard InChI is InChI=1S/C15H17ClN2OS/c1-3-12-5-7-14(20-12)15(19)18(2)9-10-8-11(17)4-6-13(10)16/h4-8H,3,9,17H2,1-2H3. The van der Waals surface area contributed by atoms with Crippen LogP contribution in [0.2, 0.25) is 5.02 Å². The van der Waals surface area contributed by atoms with Gasteiger partial charge in [0.2, 0.25) is 0 Å². The van der Waals surface area contributed by atoms with Crippen LogP contribution in [0.5, 0.6) is 0 Å². The molecule has 3 nitrogen and oxygen atoms in total. The van der Waals surface area contributed by atoms with E-state index >= 15 is 0 Å². The van der Waals surface area contributed by atoms with E-state index in [4.69, 9.17) is 17.3 Å². The maximum absolute atomic E-state index is 12.3. The Labute approximate surface area is 128 Å². The zero-order valence-electron chi connectivity index (χ0n) is 11.5. The van der Waals surface area contributed by atoms with Crippen LogP contribution in [0.1, 0.15) is 27.0 Å². The number of nitrogens with zero attached hydrogens (tertiary/aromatic N) is 1. The summed E-state index contributed by atoms with van der Waals surface area (Å²) >= 11 is 7.66. The maximum Gasteiger partial charge on any atom is 0.263 e. The molecule has 0 radical (unpaired) electrons. The zero-order chi connectivity index (χ0) is 14.7. The van der Waals surface area contributed by atoms with Gasteiger partial charge in [-0.3, -0.25) is 4.79 Å². The number of halogens is 1. The normalized spacial score (nSPS) is 10.6. The van der Waals surface area contributed by atoms with E-state index in [0.717, 1.165) is 16.9 Å². The van der Waals surface area contributed by atoms with Crippen LogP contribution in [-0.4, -0.2) is 17.9 Å². The van der Waals surface area contributed by atoms with E-state index in [9.17, 15) is 4.79 Å². The molecule has 0 bridgehead atoms. The Morgan fingerprint density at radius 2 is 2.10 bits per heavy atom. The van der Waals surface area contributed by atoms with Crippen molar-refractivity contribution < 1.29 is 4.79 Å². The summed E-state index contributed by atoms with van der Waals surface area (Å²) in [6, 6.07) is 9.19. The predicted octanol–water partition coefficient (Wildman–Crippen LogP) is 3.82. The summed E-state index contributed by atoms with van der Waals surface area (Å²) in [7, 11) is 1.77. The minimum absolute atomic E-state index is 0.00758. The van der Waals surface area contributed by atoms with Crippen LogP contribution in [0.3, 0.4) is 0 Å². The largest absolute Gasteiger partial charge is 0.399 e. The Balaban J connectivity index is 2.13. The molecule has 0 fully saturated rings. The van der Waals surface area contributed by atoms with Gasteiger partial charge in [-0.15, -0.1) is 11.3 Å². The quantitative estimate of drug-likeness (QED) is 0.873. The lowest BCUT2D eigenvalue weighted by atomic mass is 10.2. The lowest BCUT2D eigenvalue weighted by Crippen LogP contribution is -2.25. The molecule has 2 aromatic rings. The highest BCUT2D eigenvalue weighted by Crippen LogP contribution is 2.23. The number of hydrogen-bond acceptors (Lipinski definition) is 3. The molecule has 2 N–H and O–H groups in total. The molecular formula is C15H17ClN2OS. The van der Waals surface area contributed by atoms with E-state index in [2.05, 4.69) is 6.92 Å². The third-order valence-corrected chi connectivity index (χ3v) is 4.63. The van der Waals surface area contributed by atoms with Gasteiger partial charge in [-0.2, -0.15) is 0 Å². The highest BCUT2D eigenvalue weighted by molar-refractivity contribution is 7.14. The number of carbonyl (C=O) groups is 1. The van der Waals surface area contributed by atoms with Crippen LogP contribution in [0, 0.1) is 0 Å². The Morgan fingerprint density at radius 1 is 1.35 bits per heavy atom. The topological polar surface area (TPSA) is 46.3 Å². The van der Waals surface area contributed by atoms with Crippen molar-refractivity contribution in [2.45, 2.75) is 19.9 Å². The van der Waals surface area contributed by atoms with Crippen molar-refractivity contribution in [3.05, 3.63) is 50.7 Å². The molecule has 0 aliphatic carbocycles. The monoisotopic (exact) mass is 308 g/mol. The van der Waals surface area contributed by atoms with Crippen molar-refractivity contribution in [1.29, 1.82) is 0 Å². The summed E-state index contributed by atoms with van der Waals surface area (Å²) < 4.78 is 0. The molecule has 1 aromatic heterocycles. The van der Waals surface area contributed by atoms with Gasteiger partial charge in [-0.25, -0.2) is 0 Å². The highest BCUT2D eigenvalue weighted by Gasteiger charge is 2.15. The van der Waals surface area contributed by atoms with Gasteiger partial charge in [0.05, 0.1) is 4.88 Å². The summed E-state index contributed by atoms with van der Waals surface area (Å²) in [5, 5.41) is 0.624. The fourth-order valence-corrected chi connectivity index (χ4v) is 3.03. The van der Waals surface area contributed by atoms with Crippen LogP contribution in [0.25, 0.3) is 0 Å². The van der Waals surface area contributed by atoms with Gasteiger partial charge in [0.15, 0.2) is 0 Å². The van der Waals surface area contributed by atoms with E-state index in [1.54, 1.807) is 30.1 Å². The zero-order valence-corrected chi connectivity index (χ0v) is 13.1. The van der Waals surface area contributed by atoms with Gasteiger partial charge in [0, 0.05) is 29.2 Å². The lowest BCUT2D eigenvalue weighted by Gasteiger charge is -2.17. The van der Waals surface area contributed by atoms with E-state index < -0.39 is 0 Å². The molecule has 5 heteroatoms. The number of carbonyl (C=O) groups excluding carboxylic acids is 1. The fraction of sp³-hybridized carbons (Fsp3) is 0.267. The van der Waals surface area contributed by atoms with Crippen molar-refractivity contribution >= 4 is 34.5 Å². The molecule has 0 aliphatic rings. The third-order valence-electron chi connectivity index (χ3n) is 3.04. The number of aryl methyl sites for hydroxylation is 1. The molecule has 20 heavy (non-hydrogen) atoms. The Kier molecular flexibility index (Phi) is 4.68. The molecule has 0 saturated carbocycles. The van der Waals surface area contributed by atoms with Crippen molar-refractivity contribution in [2.75, 3.05) is 12.8 Å². The number of thiophene rings is 1. The van der Waals surface area contributed by atoms with Gasteiger partial charge in [0.25, 0.3) is 5.91 Å². The van der Waals surface area contributed by atoms with Crippen LogP contribution < -0.4 is 5.73 Å². The van der Waals surface area contributed by atoms with Crippen LogP contribution in [0.15, 0.2) is 30.3 Å². The summed E-state index contributed by atoms with van der Waals surface area (Å²) in [4.78, 5) is 16.0. The Morgan fingerprint density at radius 3 is 2.75 bits per heavy atom. The Bertz CT molecular complexity index is 624. The van der Waals surface area contributed by atoms with Crippen molar-refractivity contribution in [3.63, 3.8) is 0 Å². The van der Waals surface area contributed by atoms with Crippen LogP contribution in [-0.2, 0) is 13.0 Å². The molecule has 0 atom stereocenters. The second-order valence-corrected chi connectivity index (χ2v) is 6.21. The summed E-state index contributed by atoms with van der Waals surface area (Å²) in [6.07, 6.45) is 0.947. The fourth-order valence-electron chi connectivity index (χ4n) is 1.91. The number of rotatable bonds is 4. The average Bonchev–Trinajstić information content (AvgIpc) is 2.90. The molecule has 1 aromatic carbocycles. The molecule has 0 spiro atoms. The predicted molar refractivity (Wildman–Crippen MR) is 85.4 cm³/mol. The van der Waals surface area contributed by atoms with Crippen molar-refractivity contribution in [1.82, 2.24) is 4.90 Å². The Hall–Kier alpha value is -1.52. The third kappa shape index (κ3) is 3.32. The summed E-state index contributed by atoms with van der Waals surface area (Å²) in [5.74, 6) is 0.00758. The SMILES string of the molecule is CCc1ccc(C(=O)N(C)Cc2cc(N)ccc2Cl)s1. The molecule has 106 valence electrons. The molecule has 0 aliphatic heterocycles. The molecule has 0 saturated heterocycles. The molecule has 0 unspecified atom stereocenters. The van der Waals surface area contributed by atoms with Crippen molar-refractivity contribution in [2.24, 2.45) is 0 Å². The minimum atomic E-state index is 0.00758. The number of anilines is 1. The molecule has 2 rings (SSSR count). The van der Waals surface area contributed by atoms with E-state index in [1.165, 1.54) is 16.2 Å². The van der Waals surface area contributed by atoms with E-state index in [0.29, 0.717) is 17.3 Å². The first-order valence-corrected chi connectivity index (χ1v) is 7.58. The number of amides is 1. The second kappa shape index (κ2) is 6.29. The van der Waals surface area contributed by atoms with Crippen LogP contribution in [0.4, 0.5) is 5.69 Å². The maximum atomic E-state index is 12.3. The van der Waals surface area contributed by atoms with Crippen molar-refractivity contribution in [3.8, 4) is 0 Å². The number of benzene rings is 1. The minimum Gasteiger partial charge on any atom is -0.399 e. The highest BCUT2D eigenvalue weighted by atomic mass is 35.5. The first-order valence-electron chi connectivity index (χ1n) is 6.39. The average molecular weight is 309 g/mol. The van der Waals surface area contributed by atoms with Gasteiger partial charge >= 0.3 is 0 Å². The second-order valence-electron chi connectivity index (χ2n) is 4.63. The molecular weight excluding hydrogens is 292 g/mol. The summed E-state index contributed by atoms with van der Waals surface area (Å²) in [6.45, 7) is 2.53. The van der Waals surface area contributed by atoms with Gasteiger partial charge < -0.3 is 10.6 Å². The van der Waals surface area contributed by atoms with E-state index in [1.807, 2.05) is 12.1 Å². The first kappa shape index (κ1) is 14.9. The molecule has 1 amide bonds. The molecule has 1 heterocycles. The van der Waals surface area contributed by atoms with E-state index in [-0.39, 0.29) is 5.91 Å². The lowest BCUT2D eigenvalue weighted by molar-refractivity contribution is 0.0790. The number of hydrogen-bond donors (Lipinski definition) is 1. The van der Waals surface area contributed by atoms with Crippen LogP contribution >= 0.6 is 22.9 Å². The summed E-state index contributed by atoms with van der Waals surface area (Å²) in [5.41, 5.74) is 7.26. The smallest absolute Gasteiger partial charge is 0.263 e. The number of nitrogen functional groups attached to an aromatic ring is 1. The van der Waals surface area contributed by atoms with Gasteiger partial charge in [-0.05, 0) is 42.3 Å². The van der Waals surface area contributed by atoms with Gasteiger partial charge in [-0.1, -0.05) is 18.5 Å². The first-order chi connectivity index (χ1) is 9.51.